The number of aliphatic hydroxyl groups excluding tert-OH is 1. The first-order valence-electron chi connectivity index (χ1n) is 9.46. The summed E-state index contributed by atoms with van der Waals surface area (Å²) < 4.78 is 0. The standard InChI is InChI=1S/C20H33N3O2/c1-4-23(5-2)14-17-9-6-8-16(12-17)13-21-19(25)22-18-10-7-11-20(18,3)15-24/h6,8-9,12,18,24H,4-5,7,10-11,13-15H2,1-3H3,(H2,21,22,25). The Bertz CT molecular complexity index is 560. The van der Waals surface area contributed by atoms with Crippen LogP contribution in [0.25, 0.3) is 0 Å². The molecule has 2 unspecified atom stereocenters. The van der Waals surface area contributed by atoms with Crippen molar-refractivity contribution < 1.29 is 9.90 Å². The number of benzene rings is 1. The van der Waals surface area contributed by atoms with Crippen LogP contribution in [0.5, 0.6) is 0 Å². The summed E-state index contributed by atoms with van der Waals surface area (Å²) in [4.78, 5) is 14.6. The molecule has 0 aromatic heterocycles. The molecule has 2 atom stereocenters. The van der Waals surface area contributed by atoms with Crippen LogP contribution in [-0.2, 0) is 13.1 Å². The number of hydrogen-bond donors (Lipinski definition) is 3. The first-order chi connectivity index (χ1) is 12.0. The molecule has 1 fully saturated rings. The van der Waals surface area contributed by atoms with Gasteiger partial charge >= 0.3 is 6.03 Å². The lowest BCUT2D eigenvalue weighted by Gasteiger charge is -2.30. The lowest BCUT2D eigenvalue weighted by atomic mass is 9.86. The van der Waals surface area contributed by atoms with Crippen molar-refractivity contribution in [3.05, 3.63) is 35.4 Å². The lowest BCUT2D eigenvalue weighted by Crippen LogP contribution is -2.48. The Balaban J connectivity index is 1.85. The van der Waals surface area contributed by atoms with Crippen LogP contribution in [0.3, 0.4) is 0 Å². The number of nitrogens with zero attached hydrogens (tertiary/aromatic N) is 1. The van der Waals surface area contributed by atoms with Crippen molar-refractivity contribution in [1.29, 1.82) is 0 Å². The molecule has 140 valence electrons. The number of urea groups is 1. The van der Waals surface area contributed by atoms with Gasteiger partial charge in [-0.15, -0.1) is 0 Å². The van der Waals surface area contributed by atoms with Crippen molar-refractivity contribution in [2.75, 3.05) is 19.7 Å². The third-order valence-electron chi connectivity index (χ3n) is 5.49. The van der Waals surface area contributed by atoms with E-state index in [9.17, 15) is 9.90 Å². The average molecular weight is 348 g/mol. The summed E-state index contributed by atoms with van der Waals surface area (Å²) in [5.41, 5.74) is 2.18. The molecule has 5 nitrogen and oxygen atoms in total. The highest BCUT2D eigenvalue weighted by atomic mass is 16.3. The Hall–Kier alpha value is -1.59. The van der Waals surface area contributed by atoms with Crippen LogP contribution >= 0.6 is 0 Å². The number of carbonyl (C=O) groups is 1. The normalized spacial score (nSPS) is 23.0. The van der Waals surface area contributed by atoms with Crippen molar-refractivity contribution in [1.82, 2.24) is 15.5 Å². The van der Waals surface area contributed by atoms with E-state index >= 15 is 0 Å². The third-order valence-corrected chi connectivity index (χ3v) is 5.49. The number of carbonyl (C=O) groups excluding carboxylic acids is 1. The first-order valence-corrected chi connectivity index (χ1v) is 9.46. The van der Waals surface area contributed by atoms with Gasteiger partial charge in [-0.05, 0) is 37.1 Å². The molecule has 1 aromatic carbocycles. The molecule has 0 bridgehead atoms. The van der Waals surface area contributed by atoms with Crippen LogP contribution < -0.4 is 10.6 Å². The van der Waals surface area contributed by atoms with E-state index in [2.05, 4.69) is 41.5 Å². The van der Waals surface area contributed by atoms with Gasteiger partial charge in [-0.3, -0.25) is 4.90 Å². The number of amides is 2. The predicted molar refractivity (Wildman–Crippen MR) is 101 cm³/mol. The second-order valence-corrected chi connectivity index (χ2v) is 7.37. The molecule has 0 saturated heterocycles. The number of rotatable bonds is 8. The predicted octanol–water partition coefficient (Wildman–Crippen LogP) is 2.88. The summed E-state index contributed by atoms with van der Waals surface area (Å²) in [7, 11) is 0. The van der Waals surface area contributed by atoms with E-state index in [1.54, 1.807) is 0 Å². The zero-order valence-electron chi connectivity index (χ0n) is 15.8. The van der Waals surface area contributed by atoms with E-state index in [1.165, 1.54) is 5.56 Å². The van der Waals surface area contributed by atoms with Gasteiger partial charge in [0.2, 0.25) is 0 Å². The van der Waals surface area contributed by atoms with Gasteiger partial charge in [0.15, 0.2) is 0 Å². The van der Waals surface area contributed by atoms with Gasteiger partial charge in [0.25, 0.3) is 0 Å². The maximum Gasteiger partial charge on any atom is 0.315 e. The fourth-order valence-electron chi connectivity index (χ4n) is 3.60. The molecular formula is C20H33N3O2. The van der Waals surface area contributed by atoms with Crippen molar-refractivity contribution in [3.63, 3.8) is 0 Å². The average Bonchev–Trinajstić information content (AvgIpc) is 2.99. The molecule has 0 radical (unpaired) electrons. The first kappa shape index (κ1) is 19.7. The summed E-state index contributed by atoms with van der Waals surface area (Å²) >= 11 is 0. The number of nitrogens with one attached hydrogen (secondary N) is 2. The molecular weight excluding hydrogens is 314 g/mol. The highest BCUT2D eigenvalue weighted by Gasteiger charge is 2.39. The highest BCUT2D eigenvalue weighted by molar-refractivity contribution is 5.74. The smallest absolute Gasteiger partial charge is 0.315 e. The van der Waals surface area contributed by atoms with Gasteiger partial charge in [-0.1, -0.05) is 51.5 Å². The van der Waals surface area contributed by atoms with Gasteiger partial charge in [0, 0.05) is 24.5 Å². The number of hydrogen-bond acceptors (Lipinski definition) is 3. The quantitative estimate of drug-likeness (QED) is 0.677. The van der Waals surface area contributed by atoms with Crippen molar-refractivity contribution in [2.45, 2.75) is 59.2 Å². The Kier molecular flexibility index (Phi) is 7.26. The van der Waals surface area contributed by atoms with Gasteiger partial charge in [-0.25, -0.2) is 4.79 Å². The van der Waals surface area contributed by atoms with Gasteiger partial charge in [-0.2, -0.15) is 0 Å². The zero-order valence-corrected chi connectivity index (χ0v) is 15.8. The molecule has 25 heavy (non-hydrogen) atoms. The fraction of sp³-hybridized carbons (Fsp3) is 0.650. The molecule has 2 amide bonds. The zero-order chi connectivity index (χ0) is 18.3. The molecule has 0 spiro atoms. The van der Waals surface area contributed by atoms with E-state index in [0.717, 1.165) is 44.5 Å². The highest BCUT2D eigenvalue weighted by Crippen LogP contribution is 2.37. The molecule has 1 aromatic rings. The van der Waals surface area contributed by atoms with Crippen LogP contribution in [0.2, 0.25) is 0 Å². The van der Waals surface area contributed by atoms with Crippen molar-refractivity contribution in [2.24, 2.45) is 5.41 Å². The summed E-state index contributed by atoms with van der Waals surface area (Å²) in [6.45, 7) is 10.0. The lowest BCUT2D eigenvalue weighted by molar-refractivity contribution is 0.121. The molecule has 1 aliphatic rings. The molecule has 0 heterocycles. The molecule has 5 heteroatoms. The summed E-state index contributed by atoms with van der Waals surface area (Å²) in [6.07, 6.45) is 2.95. The van der Waals surface area contributed by atoms with E-state index in [4.69, 9.17) is 0 Å². The van der Waals surface area contributed by atoms with E-state index in [1.807, 2.05) is 19.1 Å². The molecule has 1 saturated carbocycles. The van der Waals surface area contributed by atoms with E-state index in [-0.39, 0.29) is 24.1 Å². The second-order valence-electron chi connectivity index (χ2n) is 7.37. The van der Waals surface area contributed by atoms with Crippen molar-refractivity contribution >= 4 is 6.03 Å². The topological polar surface area (TPSA) is 64.6 Å². The van der Waals surface area contributed by atoms with E-state index < -0.39 is 0 Å². The van der Waals surface area contributed by atoms with Crippen LogP contribution in [0, 0.1) is 5.41 Å². The van der Waals surface area contributed by atoms with Crippen molar-refractivity contribution in [3.8, 4) is 0 Å². The van der Waals surface area contributed by atoms with E-state index in [0.29, 0.717) is 6.54 Å². The van der Waals surface area contributed by atoms with Crippen LogP contribution in [0.4, 0.5) is 4.79 Å². The third kappa shape index (κ3) is 5.44. The minimum Gasteiger partial charge on any atom is -0.396 e. The molecule has 3 N–H and O–H groups in total. The monoisotopic (exact) mass is 347 g/mol. The minimum atomic E-state index is -0.193. The summed E-state index contributed by atoms with van der Waals surface area (Å²) in [5.74, 6) is 0. The van der Waals surface area contributed by atoms with Gasteiger partial charge < -0.3 is 15.7 Å². The largest absolute Gasteiger partial charge is 0.396 e. The fourth-order valence-corrected chi connectivity index (χ4v) is 3.60. The SMILES string of the molecule is CCN(CC)Cc1cccc(CNC(=O)NC2CCCC2(C)CO)c1. The summed E-state index contributed by atoms with van der Waals surface area (Å²) in [5, 5.41) is 15.6. The Morgan fingerprint density at radius 1 is 1.32 bits per heavy atom. The van der Waals surface area contributed by atoms with Crippen LogP contribution in [0.1, 0.15) is 51.2 Å². The van der Waals surface area contributed by atoms with Gasteiger partial charge in [0.05, 0.1) is 6.61 Å². The maximum atomic E-state index is 12.2. The van der Waals surface area contributed by atoms with Crippen LogP contribution in [0.15, 0.2) is 24.3 Å². The van der Waals surface area contributed by atoms with Crippen LogP contribution in [-0.4, -0.2) is 41.8 Å². The molecule has 1 aliphatic carbocycles. The Morgan fingerprint density at radius 2 is 2.04 bits per heavy atom. The Labute approximate surface area is 151 Å². The number of aliphatic hydroxyl groups is 1. The minimum absolute atomic E-state index is 0.0477. The Morgan fingerprint density at radius 3 is 2.72 bits per heavy atom. The molecule has 2 rings (SSSR count). The molecule has 0 aliphatic heterocycles. The van der Waals surface area contributed by atoms with Gasteiger partial charge in [0.1, 0.15) is 0 Å². The summed E-state index contributed by atoms with van der Waals surface area (Å²) in [6, 6.07) is 8.28. The maximum absolute atomic E-state index is 12.2. The second kappa shape index (κ2) is 9.20.